The van der Waals surface area contributed by atoms with Gasteiger partial charge < -0.3 is 5.73 Å². The van der Waals surface area contributed by atoms with Crippen LogP contribution in [0.1, 0.15) is 25.5 Å². The first-order valence-corrected chi connectivity index (χ1v) is 9.45. The third-order valence-corrected chi connectivity index (χ3v) is 5.45. The van der Waals surface area contributed by atoms with Gasteiger partial charge in [0.2, 0.25) is 11.8 Å². The highest BCUT2D eigenvalue weighted by molar-refractivity contribution is 7.14. The molecular weight excluding hydrogens is 374 g/mol. The van der Waals surface area contributed by atoms with Crippen LogP contribution in [0.3, 0.4) is 0 Å². The Morgan fingerprint density at radius 3 is 2.63 bits per heavy atom. The number of nitrogens with zero attached hydrogens (tertiary/aromatic N) is 3. The second-order valence-corrected chi connectivity index (χ2v) is 7.36. The number of primary amides is 1. The number of nitrogens with two attached hydrogens (primary N) is 1. The van der Waals surface area contributed by atoms with Crippen LogP contribution in [0.5, 0.6) is 0 Å². The minimum Gasteiger partial charge on any atom is -0.369 e. The fraction of sp³-hybridized carbons (Fsp3) is 0.389. The highest BCUT2D eigenvalue weighted by atomic mass is 32.1. The number of rotatable bonds is 5. The number of carbonyl (C=O) groups excluding carboxylic acids is 2. The molecule has 0 bridgehead atoms. The minimum absolute atomic E-state index is 0.0351. The topological polar surface area (TPSA) is 79.5 Å². The van der Waals surface area contributed by atoms with Gasteiger partial charge in [0, 0.05) is 30.8 Å². The number of thiazole rings is 1. The highest BCUT2D eigenvalue weighted by Crippen LogP contribution is 2.31. The van der Waals surface area contributed by atoms with E-state index in [2.05, 4.69) is 9.88 Å². The van der Waals surface area contributed by atoms with E-state index in [0.717, 1.165) is 35.8 Å². The van der Waals surface area contributed by atoms with Crippen LogP contribution in [0.25, 0.3) is 0 Å². The summed E-state index contributed by atoms with van der Waals surface area (Å²) in [5, 5.41) is 2.14. The molecule has 2 amide bonds. The Kier molecular flexibility index (Phi) is 5.81. The third-order valence-electron chi connectivity index (χ3n) is 4.57. The zero-order valence-electron chi connectivity index (χ0n) is 14.8. The molecule has 2 N–H and O–H groups in total. The van der Waals surface area contributed by atoms with E-state index >= 15 is 0 Å². The Bertz CT molecular complexity index is 850. The first kappa shape index (κ1) is 19.4. The van der Waals surface area contributed by atoms with Gasteiger partial charge in [-0.3, -0.25) is 19.4 Å². The molecule has 1 fully saturated rings. The monoisotopic (exact) mass is 394 g/mol. The molecule has 6 nitrogen and oxygen atoms in total. The van der Waals surface area contributed by atoms with E-state index in [1.165, 1.54) is 24.3 Å². The van der Waals surface area contributed by atoms with Crippen molar-refractivity contribution in [1.29, 1.82) is 0 Å². The van der Waals surface area contributed by atoms with Crippen LogP contribution in [0.2, 0.25) is 0 Å². The quantitative estimate of drug-likeness (QED) is 0.846. The van der Waals surface area contributed by atoms with Gasteiger partial charge in [-0.05, 0) is 38.1 Å². The minimum atomic E-state index is -0.824. The lowest BCUT2D eigenvalue weighted by molar-refractivity contribution is -0.123. The van der Waals surface area contributed by atoms with E-state index in [0.29, 0.717) is 24.5 Å². The molecule has 0 atom stereocenters. The number of carbonyl (C=O) groups is 2. The molecule has 0 unspecified atom stereocenters. The second-order valence-electron chi connectivity index (χ2n) is 6.52. The van der Waals surface area contributed by atoms with Gasteiger partial charge in [-0.25, -0.2) is 13.8 Å². The fourth-order valence-electron chi connectivity index (χ4n) is 3.15. The van der Waals surface area contributed by atoms with Crippen LogP contribution in [0.15, 0.2) is 23.6 Å². The number of aromatic nitrogens is 1. The number of likely N-dealkylation sites (tertiary alicyclic amines) is 1. The van der Waals surface area contributed by atoms with Gasteiger partial charge in [-0.1, -0.05) is 0 Å². The molecular formula is C18H20F2N4O2S. The summed E-state index contributed by atoms with van der Waals surface area (Å²) in [6.07, 6.45) is 1.43. The lowest BCUT2D eigenvalue weighted by Crippen LogP contribution is -2.38. The molecule has 27 heavy (non-hydrogen) atoms. The molecule has 1 aromatic heterocycles. The first-order chi connectivity index (χ1) is 12.8. The van der Waals surface area contributed by atoms with Crippen molar-refractivity contribution in [2.75, 3.05) is 18.0 Å². The van der Waals surface area contributed by atoms with Crippen molar-refractivity contribution in [2.24, 2.45) is 11.7 Å². The average Bonchev–Trinajstić information content (AvgIpc) is 3.05. The molecule has 1 aliphatic heterocycles. The summed E-state index contributed by atoms with van der Waals surface area (Å²) < 4.78 is 27.3. The molecule has 1 aliphatic rings. The van der Waals surface area contributed by atoms with E-state index in [9.17, 15) is 18.4 Å². The lowest BCUT2D eigenvalue weighted by atomic mass is 9.96. The van der Waals surface area contributed by atoms with Crippen molar-refractivity contribution in [3.63, 3.8) is 0 Å². The normalized spacial score (nSPS) is 15.7. The summed E-state index contributed by atoms with van der Waals surface area (Å²) in [6, 6.07) is 3.07. The first-order valence-electron chi connectivity index (χ1n) is 8.57. The van der Waals surface area contributed by atoms with E-state index < -0.39 is 17.5 Å². The van der Waals surface area contributed by atoms with Gasteiger partial charge in [0.1, 0.15) is 11.6 Å². The second kappa shape index (κ2) is 8.10. The van der Waals surface area contributed by atoms with Crippen molar-refractivity contribution in [2.45, 2.75) is 26.3 Å². The average molecular weight is 394 g/mol. The lowest BCUT2D eigenvalue weighted by Gasteiger charge is -2.29. The number of anilines is 2. The molecule has 1 saturated heterocycles. The summed E-state index contributed by atoms with van der Waals surface area (Å²) in [4.78, 5) is 31.1. The van der Waals surface area contributed by atoms with Crippen molar-refractivity contribution < 1.29 is 18.4 Å². The molecule has 3 rings (SSSR count). The van der Waals surface area contributed by atoms with Crippen LogP contribution in [0.4, 0.5) is 19.6 Å². The number of hydrogen-bond donors (Lipinski definition) is 1. The molecule has 0 aliphatic carbocycles. The summed E-state index contributed by atoms with van der Waals surface area (Å²) in [7, 11) is 0. The molecule has 144 valence electrons. The largest absolute Gasteiger partial charge is 0.369 e. The Morgan fingerprint density at radius 2 is 2.04 bits per heavy atom. The van der Waals surface area contributed by atoms with Gasteiger partial charge in [0.05, 0.1) is 11.4 Å². The molecule has 1 aromatic carbocycles. The summed E-state index contributed by atoms with van der Waals surface area (Å²) in [5.74, 6) is -2.29. The van der Waals surface area contributed by atoms with E-state index in [1.54, 1.807) is 0 Å². The maximum atomic E-state index is 14.1. The summed E-state index contributed by atoms with van der Waals surface area (Å²) >= 11 is 1.22. The predicted molar refractivity (Wildman–Crippen MR) is 98.5 cm³/mol. The van der Waals surface area contributed by atoms with Crippen LogP contribution < -0.4 is 10.6 Å². The highest BCUT2D eigenvalue weighted by Gasteiger charge is 2.25. The standard InChI is InChI=1S/C18H20F2N4O2S/c1-11(25)24(16-3-2-13(19)8-15(16)20)18-22-14(10-27-18)9-23-6-4-12(5-7-23)17(21)26/h2-3,8,10,12H,4-7,9H2,1H3,(H2,21,26). The Hall–Kier alpha value is -2.39. The Morgan fingerprint density at radius 1 is 1.33 bits per heavy atom. The number of amides is 2. The van der Waals surface area contributed by atoms with Crippen LogP contribution >= 0.6 is 11.3 Å². The maximum absolute atomic E-state index is 14.1. The van der Waals surface area contributed by atoms with Gasteiger partial charge >= 0.3 is 0 Å². The molecule has 0 radical (unpaired) electrons. The van der Waals surface area contributed by atoms with E-state index in [1.807, 2.05) is 5.38 Å². The molecule has 2 aromatic rings. The summed E-state index contributed by atoms with van der Waals surface area (Å²) in [6.45, 7) is 3.35. The van der Waals surface area contributed by atoms with Gasteiger partial charge in [-0.15, -0.1) is 11.3 Å². The number of benzene rings is 1. The predicted octanol–water partition coefficient (Wildman–Crippen LogP) is 2.80. The van der Waals surface area contributed by atoms with Gasteiger partial charge in [0.15, 0.2) is 5.13 Å². The SMILES string of the molecule is CC(=O)N(c1nc(CN2CCC(C(N)=O)CC2)cs1)c1ccc(F)cc1F. The van der Waals surface area contributed by atoms with Crippen molar-refractivity contribution in [3.05, 3.63) is 40.9 Å². The van der Waals surface area contributed by atoms with Crippen LogP contribution in [0, 0.1) is 17.6 Å². The number of hydrogen-bond acceptors (Lipinski definition) is 5. The zero-order chi connectivity index (χ0) is 19.6. The third kappa shape index (κ3) is 4.48. The number of piperidine rings is 1. The molecule has 0 spiro atoms. The van der Waals surface area contributed by atoms with Crippen LogP contribution in [-0.4, -0.2) is 34.8 Å². The van der Waals surface area contributed by atoms with Crippen molar-refractivity contribution in [3.8, 4) is 0 Å². The van der Waals surface area contributed by atoms with Crippen molar-refractivity contribution >= 4 is 34.0 Å². The Labute approximate surface area is 159 Å². The zero-order valence-corrected chi connectivity index (χ0v) is 15.6. The fourth-order valence-corrected chi connectivity index (χ4v) is 4.02. The van der Waals surface area contributed by atoms with E-state index in [4.69, 9.17) is 5.73 Å². The molecule has 9 heteroatoms. The number of halogens is 2. The van der Waals surface area contributed by atoms with Gasteiger partial charge in [-0.2, -0.15) is 0 Å². The van der Waals surface area contributed by atoms with E-state index in [-0.39, 0.29) is 17.5 Å². The van der Waals surface area contributed by atoms with Crippen LogP contribution in [-0.2, 0) is 16.1 Å². The maximum Gasteiger partial charge on any atom is 0.230 e. The Balaban J connectivity index is 1.73. The van der Waals surface area contributed by atoms with Gasteiger partial charge in [0.25, 0.3) is 0 Å². The smallest absolute Gasteiger partial charge is 0.230 e. The summed E-state index contributed by atoms with van der Waals surface area (Å²) in [5.41, 5.74) is 6.06. The van der Waals surface area contributed by atoms with Crippen molar-refractivity contribution in [1.82, 2.24) is 9.88 Å². The molecule has 2 heterocycles. The molecule has 0 saturated carbocycles.